The van der Waals surface area contributed by atoms with Crippen LogP contribution in [0.5, 0.6) is 0 Å². The number of rotatable bonds is 2. The predicted molar refractivity (Wildman–Crippen MR) is 78.4 cm³/mol. The van der Waals surface area contributed by atoms with Crippen LogP contribution >= 0.6 is 0 Å². The van der Waals surface area contributed by atoms with E-state index in [9.17, 15) is 0 Å². The van der Waals surface area contributed by atoms with Gasteiger partial charge in [0, 0.05) is 32.7 Å². The zero-order valence-electron chi connectivity index (χ0n) is 12.0. The molecule has 1 saturated heterocycles. The second-order valence-electron chi connectivity index (χ2n) is 5.66. The Balaban J connectivity index is 1.81. The highest BCUT2D eigenvalue weighted by Gasteiger charge is 2.17. The number of likely N-dealkylation sites (N-methyl/N-ethyl adjacent to an activating group) is 1. The lowest BCUT2D eigenvalue weighted by Crippen LogP contribution is -2.49. The third kappa shape index (κ3) is 2.51. The smallest absolute Gasteiger partial charge is 0.106 e. The van der Waals surface area contributed by atoms with Crippen molar-refractivity contribution in [2.45, 2.75) is 19.4 Å². The van der Waals surface area contributed by atoms with E-state index in [1.54, 1.807) is 0 Å². The topological polar surface area (TPSA) is 33.1 Å². The number of nitrogens with zero attached hydrogens (tertiary/aromatic N) is 3. The minimum absolute atomic E-state index is 0.556. The molecule has 1 N–H and O–H groups in total. The minimum atomic E-state index is 0.556. The van der Waals surface area contributed by atoms with Crippen LogP contribution in [-0.2, 0) is 13.5 Å². The molecule has 102 valence electrons. The molecular weight excluding hydrogens is 236 g/mol. The molecule has 0 bridgehead atoms. The molecule has 2 aromatic rings. The minimum Gasteiger partial charge on any atom is -0.331 e. The van der Waals surface area contributed by atoms with Gasteiger partial charge in [0.1, 0.15) is 5.82 Å². The normalized spacial score (nSPS) is 21.1. The zero-order chi connectivity index (χ0) is 13.4. The molecule has 0 amide bonds. The molecule has 1 aliphatic heterocycles. The number of hydrogen-bond acceptors (Lipinski definition) is 3. The summed E-state index contributed by atoms with van der Waals surface area (Å²) < 4.78 is 2.14. The van der Waals surface area contributed by atoms with E-state index in [1.165, 1.54) is 11.1 Å². The molecule has 0 radical (unpaired) electrons. The van der Waals surface area contributed by atoms with E-state index < -0.39 is 0 Å². The van der Waals surface area contributed by atoms with Crippen LogP contribution in [0.3, 0.4) is 0 Å². The largest absolute Gasteiger partial charge is 0.331 e. The fourth-order valence-corrected chi connectivity index (χ4v) is 2.91. The molecule has 3 rings (SSSR count). The van der Waals surface area contributed by atoms with Gasteiger partial charge in [-0.3, -0.25) is 0 Å². The van der Waals surface area contributed by atoms with E-state index in [1.807, 2.05) is 0 Å². The van der Waals surface area contributed by atoms with Crippen molar-refractivity contribution in [2.24, 2.45) is 7.05 Å². The van der Waals surface area contributed by atoms with Gasteiger partial charge in [-0.25, -0.2) is 4.98 Å². The molecule has 0 saturated carbocycles. The maximum Gasteiger partial charge on any atom is 0.106 e. The first-order chi connectivity index (χ1) is 9.13. The summed E-state index contributed by atoms with van der Waals surface area (Å²) in [5, 5.41) is 3.60. The summed E-state index contributed by atoms with van der Waals surface area (Å²) in [6, 6.07) is 7.22. The molecule has 4 heteroatoms. The molecule has 1 aromatic carbocycles. The van der Waals surface area contributed by atoms with Crippen molar-refractivity contribution in [1.82, 2.24) is 19.8 Å². The van der Waals surface area contributed by atoms with Crippen molar-refractivity contribution >= 4 is 11.0 Å². The number of imidazole rings is 1. The highest BCUT2D eigenvalue weighted by Crippen LogP contribution is 2.17. The summed E-state index contributed by atoms with van der Waals surface area (Å²) in [6.45, 7) is 5.41. The van der Waals surface area contributed by atoms with Crippen molar-refractivity contribution in [1.29, 1.82) is 0 Å². The summed E-state index contributed by atoms with van der Waals surface area (Å²) in [6.07, 6.45) is 1.08. The maximum absolute atomic E-state index is 4.61. The van der Waals surface area contributed by atoms with E-state index in [4.69, 9.17) is 0 Å². The van der Waals surface area contributed by atoms with Crippen molar-refractivity contribution in [3.63, 3.8) is 0 Å². The second-order valence-corrected chi connectivity index (χ2v) is 5.66. The van der Waals surface area contributed by atoms with Crippen molar-refractivity contribution < 1.29 is 0 Å². The van der Waals surface area contributed by atoms with Gasteiger partial charge in [0.05, 0.1) is 11.0 Å². The van der Waals surface area contributed by atoms with Gasteiger partial charge in [0.15, 0.2) is 0 Å². The molecule has 0 spiro atoms. The Hall–Kier alpha value is -1.39. The standard InChI is InChI=1S/C15H22N4/c1-11-17-14-9-12(4-5-15(14)19(11)3)8-13-10-18(2)7-6-16-13/h4-5,9,13,16H,6-8,10H2,1-3H3. The summed E-state index contributed by atoms with van der Waals surface area (Å²) in [5.41, 5.74) is 3.70. The second kappa shape index (κ2) is 4.94. The average Bonchev–Trinajstić information content (AvgIpc) is 2.65. The lowest BCUT2D eigenvalue weighted by Gasteiger charge is -2.31. The molecule has 1 atom stereocenters. The Morgan fingerprint density at radius 3 is 3.00 bits per heavy atom. The molecule has 1 aliphatic rings. The van der Waals surface area contributed by atoms with Gasteiger partial charge in [-0.05, 0) is 38.1 Å². The molecular formula is C15H22N4. The number of aryl methyl sites for hydroxylation is 2. The number of nitrogens with one attached hydrogen (secondary N) is 1. The van der Waals surface area contributed by atoms with Crippen molar-refractivity contribution in [3.05, 3.63) is 29.6 Å². The van der Waals surface area contributed by atoms with Crippen LogP contribution in [0, 0.1) is 6.92 Å². The van der Waals surface area contributed by atoms with Crippen LogP contribution < -0.4 is 5.32 Å². The fraction of sp³-hybridized carbons (Fsp3) is 0.533. The van der Waals surface area contributed by atoms with Crippen molar-refractivity contribution in [3.8, 4) is 0 Å². The Bertz CT molecular complexity index is 587. The third-order valence-electron chi connectivity index (χ3n) is 4.11. The first-order valence-electron chi connectivity index (χ1n) is 6.97. The van der Waals surface area contributed by atoms with Crippen LogP contribution in [-0.4, -0.2) is 47.2 Å². The molecule has 4 nitrogen and oxygen atoms in total. The van der Waals surface area contributed by atoms with Crippen LogP contribution in [0.2, 0.25) is 0 Å². The maximum atomic E-state index is 4.61. The molecule has 1 unspecified atom stereocenters. The fourth-order valence-electron chi connectivity index (χ4n) is 2.91. The predicted octanol–water partition coefficient (Wildman–Crippen LogP) is 1.33. The Labute approximate surface area is 114 Å². The number of benzene rings is 1. The highest BCUT2D eigenvalue weighted by atomic mass is 15.2. The molecule has 1 fully saturated rings. The van der Waals surface area contributed by atoms with Crippen LogP contribution in [0.25, 0.3) is 11.0 Å². The highest BCUT2D eigenvalue weighted by molar-refractivity contribution is 5.76. The van der Waals surface area contributed by atoms with Crippen LogP contribution in [0.1, 0.15) is 11.4 Å². The Morgan fingerprint density at radius 1 is 1.37 bits per heavy atom. The van der Waals surface area contributed by atoms with Crippen LogP contribution in [0.15, 0.2) is 18.2 Å². The number of fused-ring (bicyclic) bond motifs is 1. The quantitative estimate of drug-likeness (QED) is 0.882. The van der Waals surface area contributed by atoms with Gasteiger partial charge < -0.3 is 14.8 Å². The summed E-state index contributed by atoms with van der Waals surface area (Å²) in [4.78, 5) is 7.01. The van der Waals surface area contributed by atoms with Gasteiger partial charge in [-0.1, -0.05) is 6.07 Å². The Kier molecular flexibility index (Phi) is 3.29. The number of aromatic nitrogens is 2. The van der Waals surface area contributed by atoms with E-state index in [2.05, 4.69) is 59.0 Å². The third-order valence-corrected chi connectivity index (χ3v) is 4.11. The van der Waals surface area contributed by atoms with E-state index >= 15 is 0 Å². The summed E-state index contributed by atoms with van der Waals surface area (Å²) in [7, 11) is 4.27. The average molecular weight is 258 g/mol. The van der Waals surface area contributed by atoms with Gasteiger partial charge in [0.25, 0.3) is 0 Å². The first kappa shape index (κ1) is 12.6. The lowest BCUT2D eigenvalue weighted by atomic mass is 10.0. The van der Waals surface area contributed by atoms with Crippen molar-refractivity contribution in [2.75, 3.05) is 26.7 Å². The Morgan fingerprint density at radius 2 is 2.21 bits per heavy atom. The van der Waals surface area contributed by atoms with Gasteiger partial charge in [-0.15, -0.1) is 0 Å². The number of piperazine rings is 1. The van der Waals surface area contributed by atoms with Crippen LogP contribution in [0.4, 0.5) is 0 Å². The SMILES string of the molecule is Cc1nc2cc(CC3CN(C)CCN3)ccc2n1C. The van der Waals surface area contributed by atoms with Gasteiger partial charge in [0.2, 0.25) is 0 Å². The monoisotopic (exact) mass is 258 g/mol. The van der Waals surface area contributed by atoms with Gasteiger partial charge in [-0.2, -0.15) is 0 Å². The lowest BCUT2D eigenvalue weighted by molar-refractivity contribution is 0.238. The summed E-state index contributed by atoms with van der Waals surface area (Å²) >= 11 is 0. The number of hydrogen-bond donors (Lipinski definition) is 1. The first-order valence-corrected chi connectivity index (χ1v) is 6.97. The van der Waals surface area contributed by atoms with Gasteiger partial charge >= 0.3 is 0 Å². The van der Waals surface area contributed by atoms with E-state index in [0.717, 1.165) is 37.4 Å². The molecule has 0 aliphatic carbocycles. The van der Waals surface area contributed by atoms with E-state index in [-0.39, 0.29) is 0 Å². The van der Waals surface area contributed by atoms with E-state index in [0.29, 0.717) is 6.04 Å². The zero-order valence-corrected chi connectivity index (χ0v) is 12.0. The molecule has 19 heavy (non-hydrogen) atoms. The molecule has 2 heterocycles. The molecule has 1 aromatic heterocycles. The summed E-state index contributed by atoms with van der Waals surface area (Å²) in [5.74, 6) is 1.07.